The Hall–Kier alpha value is -1.15. The van der Waals surface area contributed by atoms with Crippen molar-refractivity contribution in [1.82, 2.24) is 0 Å². The van der Waals surface area contributed by atoms with Crippen LogP contribution in [0.25, 0.3) is 0 Å². The molecular formula is C15H23NO. The predicted molar refractivity (Wildman–Crippen MR) is 72.0 cm³/mol. The van der Waals surface area contributed by atoms with Crippen LogP contribution in [0, 0.1) is 5.92 Å². The molecule has 0 aliphatic rings. The molecule has 0 amide bonds. The Labute approximate surface area is 104 Å². The van der Waals surface area contributed by atoms with Crippen molar-refractivity contribution < 1.29 is 4.79 Å². The molecule has 0 saturated carbocycles. The fourth-order valence-corrected chi connectivity index (χ4v) is 1.69. The fourth-order valence-electron chi connectivity index (χ4n) is 1.69. The zero-order valence-electron chi connectivity index (χ0n) is 11.1. The Bertz CT molecular complexity index is 354. The minimum atomic E-state index is -0.0163. The Balaban J connectivity index is 2.50. The third-order valence-electron chi connectivity index (χ3n) is 3.15. The summed E-state index contributed by atoms with van der Waals surface area (Å²) in [5.74, 6) is 0.594. The summed E-state index contributed by atoms with van der Waals surface area (Å²) in [5.41, 5.74) is 8.29. The van der Waals surface area contributed by atoms with Crippen LogP contribution in [0.4, 0.5) is 0 Å². The van der Waals surface area contributed by atoms with Crippen molar-refractivity contribution >= 4 is 5.78 Å². The van der Waals surface area contributed by atoms with E-state index in [9.17, 15) is 4.79 Å². The summed E-state index contributed by atoms with van der Waals surface area (Å²) in [6.07, 6.45) is 2.02. The number of Topliss-reactive ketones (excluding diaryl/α,β-unsaturated/α-hetero) is 1. The molecule has 0 radical (unpaired) electrons. The molecular weight excluding hydrogens is 210 g/mol. The van der Waals surface area contributed by atoms with E-state index in [1.807, 2.05) is 26.0 Å². The molecule has 2 nitrogen and oxygen atoms in total. The standard InChI is InChI=1S/C15H23NO/c1-4-12-5-7-13(8-6-12)9-14(17)10-15(16)11(2)3/h5-8,11,15H,4,9-10,16H2,1-3H3. The molecule has 0 aromatic heterocycles. The van der Waals surface area contributed by atoms with Crippen LogP contribution in [0.3, 0.4) is 0 Å². The van der Waals surface area contributed by atoms with Gasteiger partial charge in [0.25, 0.3) is 0 Å². The van der Waals surface area contributed by atoms with E-state index in [4.69, 9.17) is 5.73 Å². The summed E-state index contributed by atoms with van der Waals surface area (Å²) in [6.45, 7) is 6.23. The fraction of sp³-hybridized carbons (Fsp3) is 0.533. The largest absolute Gasteiger partial charge is 0.327 e. The van der Waals surface area contributed by atoms with Gasteiger partial charge in [-0.2, -0.15) is 0 Å². The Morgan fingerprint density at radius 3 is 2.18 bits per heavy atom. The second-order valence-electron chi connectivity index (χ2n) is 5.00. The zero-order chi connectivity index (χ0) is 12.8. The van der Waals surface area contributed by atoms with Crippen LogP contribution in [0.15, 0.2) is 24.3 Å². The molecule has 2 heteroatoms. The van der Waals surface area contributed by atoms with Crippen molar-refractivity contribution in [3.05, 3.63) is 35.4 Å². The number of carbonyl (C=O) groups excluding carboxylic acids is 1. The molecule has 1 rings (SSSR count). The van der Waals surface area contributed by atoms with Crippen LogP contribution in [-0.4, -0.2) is 11.8 Å². The summed E-state index contributed by atoms with van der Waals surface area (Å²) < 4.78 is 0. The lowest BCUT2D eigenvalue weighted by molar-refractivity contribution is -0.118. The van der Waals surface area contributed by atoms with Gasteiger partial charge in [0, 0.05) is 18.9 Å². The molecule has 94 valence electrons. The number of nitrogens with two attached hydrogens (primary N) is 1. The minimum Gasteiger partial charge on any atom is -0.327 e. The molecule has 0 saturated heterocycles. The normalized spacial score (nSPS) is 12.8. The van der Waals surface area contributed by atoms with Crippen molar-refractivity contribution in [3.63, 3.8) is 0 Å². The van der Waals surface area contributed by atoms with Crippen LogP contribution in [0.1, 0.15) is 38.3 Å². The molecule has 0 fully saturated rings. The molecule has 0 spiro atoms. The Morgan fingerprint density at radius 1 is 1.18 bits per heavy atom. The van der Waals surface area contributed by atoms with Crippen LogP contribution < -0.4 is 5.73 Å². The number of hydrogen-bond acceptors (Lipinski definition) is 2. The van der Waals surface area contributed by atoms with Gasteiger partial charge in [-0.05, 0) is 23.5 Å². The summed E-state index contributed by atoms with van der Waals surface area (Å²) in [6, 6.07) is 8.24. The first-order valence-corrected chi connectivity index (χ1v) is 6.38. The maximum atomic E-state index is 11.8. The molecule has 0 heterocycles. The van der Waals surface area contributed by atoms with E-state index in [1.54, 1.807) is 0 Å². The molecule has 2 N–H and O–H groups in total. The van der Waals surface area contributed by atoms with Gasteiger partial charge in [-0.15, -0.1) is 0 Å². The predicted octanol–water partition coefficient (Wildman–Crippen LogP) is 2.73. The van der Waals surface area contributed by atoms with Gasteiger partial charge in [0.15, 0.2) is 0 Å². The topological polar surface area (TPSA) is 43.1 Å². The maximum absolute atomic E-state index is 11.8. The van der Waals surface area contributed by atoms with Gasteiger partial charge >= 0.3 is 0 Å². The summed E-state index contributed by atoms with van der Waals surface area (Å²) in [7, 11) is 0. The van der Waals surface area contributed by atoms with Crippen molar-refractivity contribution in [2.45, 2.75) is 46.1 Å². The first-order valence-electron chi connectivity index (χ1n) is 6.38. The molecule has 1 atom stereocenters. The van der Waals surface area contributed by atoms with Gasteiger partial charge in [0.1, 0.15) is 5.78 Å². The molecule has 1 aromatic rings. The van der Waals surface area contributed by atoms with Crippen molar-refractivity contribution in [2.75, 3.05) is 0 Å². The SMILES string of the molecule is CCc1ccc(CC(=O)CC(N)C(C)C)cc1. The summed E-state index contributed by atoms with van der Waals surface area (Å²) in [5, 5.41) is 0. The lowest BCUT2D eigenvalue weighted by atomic mass is 9.96. The number of ketones is 1. The van der Waals surface area contributed by atoms with Gasteiger partial charge in [-0.1, -0.05) is 45.0 Å². The molecule has 0 bridgehead atoms. The van der Waals surface area contributed by atoms with E-state index < -0.39 is 0 Å². The lowest BCUT2D eigenvalue weighted by Gasteiger charge is -2.14. The molecule has 0 aliphatic carbocycles. The van der Waals surface area contributed by atoms with Crippen molar-refractivity contribution in [1.29, 1.82) is 0 Å². The van der Waals surface area contributed by atoms with Gasteiger partial charge in [-0.3, -0.25) is 4.79 Å². The highest BCUT2D eigenvalue weighted by molar-refractivity contribution is 5.81. The van der Waals surface area contributed by atoms with Crippen molar-refractivity contribution in [3.8, 4) is 0 Å². The monoisotopic (exact) mass is 233 g/mol. The zero-order valence-corrected chi connectivity index (χ0v) is 11.1. The van der Waals surface area contributed by atoms with Crippen LogP contribution >= 0.6 is 0 Å². The highest BCUT2D eigenvalue weighted by Gasteiger charge is 2.13. The molecule has 17 heavy (non-hydrogen) atoms. The van der Waals surface area contributed by atoms with Crippen LogP contribution in [0.5, 0.6) is 0 Å². The number of aryl methyl sites for hydroxylation is 1. The smallest absolute Gasteiger partial charge is 0.138 e. The number of rotatable bonds is 6. The third kappa shape index (κ3) is 4.70. The van der Waals surface area contributed by atoms with Gasteiger partial charge in [-0.25, -0.2) is 0 Å². The molecule has 1 unspecified atom stereocenters. The summed E-state index contributed by atoms with van der Waals surface area (Å²) >= 11 is 0. The van der Waals surface area contributed by atoms with Gasteiger partial charge in [0.05, 0.1) is 0 Å². The molecule has 0 aliphatic heterocycles. The summed E-state index contributed by atoms with van der Waals surface area (Å²) in [4.78, 5) is 11.8. The van der Waals surface area contributed by atoms with E-state index in [1.165, 1.54) is 5.56 Å². The molecule has 1 aromatic carbocycles. The Kier molecular flexibility index (Phi) is 5.36. The third-order valence-corrected chi connectivity index (χ3v) is 3.15. The highest BCUT2D eigenvalue weighted by atomic mass is 16.1. The second kappa shape index (κ2) is 6.55. The highest BCUT2D eigenvalue weighted by Crippen LogP contribution is 2.09. The number of carbonyl (C=O) groups is 1. The first kappa shape index (κ1) is 13.9. The van der Waals surface area contributed by atoms with Gasteiger partial charge in [0.2, 0.25) is 0 Å². The van der Waals surface area contributed by atoms with E-state index >= 15 is 0 Å². The van der Waals surface area contributed by atoms with E-state index in [2.05, 4.69) is 19.1 Å². The van der Waals surface area contributed by atoms with E-state index in [0.29, 0.717) is 18.8 Å². The first-order chi connectivity index (χ1) is 8.02. The maximum Gasteiger partial charge on any atom is 0.138 e. The van der Waals surface area contributed by atoms with Crippen LogP contribution in [0.2, 0.25) is 0 Å². The van der Waals surface area contributed by atoms with Crippen molar-refractivity contribution in [2.24, 2.45) is 11.7 Å². The average Bonchev–Trinajstić information content (AvgIpc) is 2.29. The van der Waals surface area contributed by atoms with E-state index in [-0.39, 0.29) is 11.8 Å². The Morgan fingerprint density at radius 2 is 1.71 bits per heavy atom. The van der Waals surface area contributed by atoms with Gasteiger partial charge < -0.3 is 5.73 Å². The number of hydrogen-bond donors (Lipinski definition) is 1. The number of benzene rings is 1. The van der Waals surface area contributed by atoms with Crippen LogP contribution in [-0.2, 0) is 17.6 Å². The second-order valence-corrected chi connectivity index (χ2v) is 5.00. The van der Waals surface area contributed by atoms with E-state index in [0.717, 1.165) is 12.0 Å². The quantitative estimate of drug-likeness (QED) is 0.821. The minimum absolute atomic E-state index is 0.0163. The average molecular weight is 233 g/mol. The lowest BCUT2D eigenvalue weighted by Crippen LogP contribution is -2.29.